The number of hydrogen-bond acceptors (Lipinski definition) is 3. The Bertz CT molecular complexity index is 653. The van der Waals surface area contributed by atoms with Crippen LogP contribution in [0.25, 0.3) is 0 Å². The molecule has 0 amide bonds. The fraction of sp³-hybridized carbons (Fsp3) is 0.471. The number of likely N-dealkylation sites (N-methyl/N-ethyl adjacent to an activating group) is 1. The van der Waals surface area contributed by atoms with E-state index in [1.807, 2.05) is 6.07 Å². The highest BCUT2D eigenvalue weighted by molar-refractivity contribution is 7.80. The Labute approximate surface area is 158 Å². The molecule has 0 bridgehead atoms. The molecule has 1 aromatic carbocycles. The number of anilines is 1. The molecule has 1 atom stereocenters. The van der Waals surface area contributed by atoms with Crippen LogP contribution in [0.1, 0.15) is 6.42 Å². The molecule has 0 aliphatic carbocycles. The molecule has 24 heavy (non-hydrogen) atoms. The molecular formula is C17H21Cl2N3OS. The predicted molar refractivity (Wildman–Crippen MR) is 104 cm³/mol. The highest BCUT2D eigenvalue weighted by Gasteiger charge is 2.27. The van der Waals surface area contributed by atoms with Crippen molar-refractivity contribution in [3.05, 3.63) is 39.9 Å². The SMILES string of the molecule is CN1CCC=C(C2CN(C(=S)Nc3ccc(Cl)cc3Cl)CCO2)C1. The molecule has 0 spiro atoms. The fourth-order valence-electron chi connectivity index (χ4n) is 3.00. The number of rotatable bonds is 2. The second-order valence-corrected chi connectivity index (χ2v) is 7.40. The second-order valence-electron chi connectivity index (χ2n) is 6.17. The summed E-state index contributed by atoms with van der Waals surface area (Å²) in [6, 6.07) is 5.34. The van der Waals surface area contributed by atoms with Crippen molar-refractivity contribution in [1.82, 2.24) is 9.80 Å². The topological polar surface area (TPSA) is 27.7 Å². The van der Waals surface area contributed by atoms with Gasteiger partial charge in [0.15, 0.2) is 5.11 Å². The number of ether oxygens (including phenoxy) is 1. The molecule has 4 nitrogen and oxygen atoms in total. The molecule has 130 valence electrons. The lowest BCUT2D eigenvalue weighted by atomic mass is 10.0. The van der Waals surface area contributed by atoms with Gasteiger partial charge in [-0.25, -0.2) is 0 Å². The average molecular weight is 386 g/mol. The van der Waals surface area contributed by atoms with E-state index in [1.165, 1.54) is 5.57 Å². The quantitative estimate of drug-likeness (QED) is 0.619. The normalized spacial score (nSPS) is 22.2. The minimum atomic E-state index is 0.0990. The number of morpholine rings is 1. The van der Waals surface area contributed by atoms with Gasteiger partial charge in [0.2, 0.25) is 0 Å². The number of benzene rings is 1. The molecule has 7 heteroatoms. The smallest absolute Gasteiger partial charge is 0.173 e. The molecule has 0 aromatic heterocycles. The first-order valence-corrected chi connectivity index (χ1v) is 9.19. The maximum atomic E-state index is 6.21. The van der Waals surface area contributed by atoms with E-state index < -0.39 is 0 Å². The van der Waals surface area contributed by atoms with Crippen molar-refractivity contribution >= 4 is 46.2 Å². The molecule has 0 radical (unpaired) electrons. The van der Waals surface area contributed by atoms with Gasteiger partial charge in [-0.1, -0.05) is 29.3 Å². The standard InChI is InChI=1S/C17H21Cl2N3OS/c1-21-6-2-3-12(10-21)16-11-22(7-8-23-16)17(24)20-15-5-4-13(18)9-14(15)19/h3-5,9,16H,2,6-8,10-11H2,1H3,(H,20,24). The van der Waals surface area contributed by atoms with Gasteiger partial charge >= 0.3 is 0 Å². The molecule has 2 heterocycles. The van der Waals surface area contributed by atoms with Crippen LogP contribution < -0.4 is 5.32 Å². The molecule has 1 saturated heterocycles. The molecule has 1 unspecified atom stereocenters. The van der Waals surface area contributed by atoms with Crippen LogP contribution in [0, 0.1) is 0 Å². The van der Waals surface area contributed by atoms with Gasteiger partial charge < -0.3 is 19.9 Å². The molecule has 1 fully saturated rings. The Balaban J connectivity index is 1.63. The lowest BCUT2D eigenvalue weighted by Crippen LogP contribution is -2.49. The van der Waals surface area contributed by atoms with Crippen molar-refractivity contribution in [2.75, 3.05) is 45.2 Å². The summed E-state index contributed by atoms with van der Waals surface area (Å²) in [6.07, 6.45) is 3.48. The lowest BCUT2D eigenvalue weighted by molar-refractivity contribution is 0.0122. The molecule has 3 rings (SSSR count). The summed E-state index contributed by atoms with van der Waals surface area (Å²) in [4.78, 5) is 4.46. The van der Waals surface area contributed by atoms with Crippen LogP contribution in [-0.2, 0) is 4.74 Å². The van der Waals surface area contributed by atoms with Gasteiger partial charge in [-0.05, 0) is 49.5 Å². The van der Waals surface area contributed by atoms with Crippen molar-refractivity contribution in [2.45, 2.75) is 12.5 Å². The molecule has 1 N–H and O–H groups in total. The van der Waals surface area contributed by atoms with Crippen LogP contribution in [0.5, 0.6) is 0 Å². The van der Waals surface area contributed by atoms with Gasteiger partial charge in [-0.2, -0.15) is 0 Å². The van der Waals surface area contributed by atoms with E-state index in [0.717, 1.165) is 38.3 Å². The highest BCUT2D eigenvalue weighted by Crippen LogP contribution is 2.26. The third-order valence-corrected chi connectivity index (χ3v) is 5.22. The molecule has 1 aromatic rings. The van der Waals surface area contributed by atoms with Crippen molar-refractivity contribution < 1.29 is 4.74 Å². The third kappa shape index (κ3) is 4.41. The number of nitrogens with zero attached hydrogens (tertiary/aromatic N) is 2. The predicted octanol–water partition coefficient (Wildman–Crippen LogP) is 3.65. The van der Waals surface area contributed by atoms with Crippen LogP contribution in [-0.4, -0.2) is 60.8 Å². The first-order valence-electron chi connectivity index (χ1n) is 8.03. The van der Waals surface area contributed by atoms with Crippen LogP contribution in [0.2, 0.25) is 10.0 Å². The Morgan fingerprint density at radius 3 is 2.92 bits per heavy atom. The number of thiocarbonyl (C=S) groups is 1. The van der Waals surface area contributed by atoms with Gasteiger partial charge in [0.05, 0.1) is 30.0 Å². The van der Waals surface area contributed by atoms with Crippen molar-refractivity contribution in [2.24, 2.45) is 0 Å². The van der Waals surface area contributed by atoms with Gasteiger partial charge in [0.1, 0.15) is 0 Å². The summed E-state index contributed by atoms with van der Waals surface area (Å²) in [6.45, 7) is 4.27. The van der Waals surface area contributed by atoms with E-state index in [1.54, 1.807) is 12.1 Å². The molecular weight excluding hydrogens is 365 g/mol. The Hall–Kier alpha value is -0.850. The number of nitrogens with one attached hydrogen (secondary N) is 1. The first kappa shape index (κ1) is 18.0. The zero-order valence-electron chi connectivity index (χ0n) is 13.6. The van der Waals surface area contributed by atoms with Crippen LogP contribution in [0.3, 0.4) is 0 Å². The minimum absolute atomic E-state index is 0.0990. The largest absolute Gasteiger partial charge is 0.370 e. The summed E-state index contributed by atoms with van der Waals surface area (Å²) in [5, 5.41) is 5.05. The summed E-state index contributed by atoms with van der Waals surface area (Å²) in [7, 11) is 2.14. The van der Waals surface area contributed by atoms with E-state index in [0.29, 0.717) is 21.8 Å². The summed E-state index contributed by atoms with van der Waals surface area (Å²) in [5.41, 5.74) is 2.12. The maximum Gasteiger partial charge on any atom is 0.173 e. The third-order valence-electron chi connectivity index (χ3n) is 4.31. The van der Waals surface area contributed by atoms with Crippen LogP contribution in [0.4, 0.5) is 5.69 Å². The summed E-state index contributed by atoms with van der Waals surface area (Å²) in [5.74, 6) is 0. The van der Waals surface area contributed by atoms with Crippen molar-refractivity contribution in [3.8, 4) is 0 Å². The van der Waals surface area contributed by atoms with Gasteiger partial charge in [0.25, 0.3) is 0 Å². The molecule has 2 aliphatic heterocycles. The second kappa shape index (κ2) is 8.02. The first-order chi connectivity index (χ1) is 11.5. The van der Waals surface area contributed by atoms with Crippen LogP contribution in [0.15, 0.2) is 29.8 Å². The maximum absolute atomic E-state index is 6.21. The van der Waals surface area contributed by atoms with E-state index in [4.69, 9.17) is 40.2 Å². The molecule has 2 aliphatic rings. The van der Waals surface area contributed by atoms with Gasteiger partial charge in [-0.3, -0.25) is 0 Å². The molecule has 0 saturated carbocycles. The monoisotopic (exact) mass is 385 g/mol. The number of halogens is 2. The number of hydrogen-bond donors (Lipinski definition) is 1. The van der Waals surface area contributed by atoms with Gasteiger partial charge in [-0.15, -0.1) is 0 Å². The van der Waals surface area contributed by atoms with E-state index in [-0.39, 0.29) is 6.10 Å². The zero-order valence-corrected chi connectivity index (χ0v) is 15.9. The van der Waals surface area contributed by atoms with E-state index >= 15 is 0 Å². The van der Waals surface area contributed by atoms with Crippen molar-refractivity contribution in [3.63, 3.8) is 0 Å². The summed E-state index contributed by atoms with van der Waals surface area (Å²) >= 11 is 17.7. The zero-order chi connectivity index (χ0) is 17.1. The fourth-order valence-corrected chi connectivity index (χ4v) is 3.73. The van der Waals surface area contributed by atoms with Gasteiger partial charge in [0, 0.05) is 24.7 Å². The van der Waals surface area contributed by atoms with E-state index in [2.05, 4.69) is 28.2 Å². The van der Waals surface area contributed by atoms with E-state index in [9.17, 15) is 0 Å². The lowest BCUT2D eigenvalue weighted by Gasteiger charge is -2.37. The van der Waals surface area contributed by atoms with Crippen molar-refractivity contribution in [1.29, 1.82) is 0 Å². The van der Waals surface area contributed by atoms with Crippen LogP contribution >= 0.6 is 35.4 Å². The average Bonchev–Trinajstić information content (AvgIpc) is 2.57. The Morgan fingerprint density at radius 2 is 2.17 bits per heavy atom. The summed E-state index contributed by atoms with van der Waals surface area (Å²) < 4.78 is 5.97. The Kier molecular flexibility index (Phi) is 6.00. The minimum Gasteiger partial charge on any atom is -0.370 e. The Morgan fingerprint density at radius 1 is 1.33 bits per heavy atom. The highest BCUT2D eigenvalue weighted by atomic mass is 35.5.